The second-order valence-electron chi connectivity index (χ2n) is 5.93. The third kappa shape index (κ3) is 2.88. The van der Waals surface area contributed by atoms with Gasteiger partial charge in [-0.25, -0.2) is 8.42 Å². The van der Waals surface area contributed by atoms with Crippen molar-refractivity contribution >= 4 is 10.0 Å². The zero-order valence-electron chi connectivity index (χ0n) is 14.3. The van der Waals surface area contributed by atoms with E-state index in [9.17, 15) is 13.5 Å². The monoisotopic (exact) mass is 363 g/mol. The Bertz CT molecular complexity index is 881. The van der Waals surface area contributed by atoms with E-state index in [-0.39, 0.29) is 4.90 Å². The lowest BCUT2D eigenvalue weighted by Crippen LogP contribution is -2.46. The van der Waals surface area contributed by atoms with Crippen LogP contribution in [0.2, 0.25) is 0 Å². The first-order valence-electron chi connectivity index (χ1n) is 7.86. The van der Waals surface area contributed by atoms with E-state index >= 15 is 0 Å². The number of ether oxygens (including phenoxy) is 2. The molecule has 7 heteroatoms. The Hall–Kier alpha value is -2.09. The van der Waals surface area contributed by atoms with E-state index in [1.165, 1.54) is 24.5 Å². The van der Waals surface area contributed by atoms with Crippen molar-refractivity contribution in [3.05, 3.63) is 53.6 Å². The van der Waals surface area contributed by atoms with Crippen molar-refractivity contribution in [3.8, 4) is 11.5 Å². The molecule has 0 bridgehead atoms. The van der Waals surface area contributed by atoms with Crippen molar-refractivity contribution in [2.45, 2.75) is 23.5 Å². The maximum atomic E-state index is 12.8. The van der Waals surface area contributed by atoms with Crippen LogP contribution in [-0.4, -0.2) is 45.1 Å². The molecule has 0 aromatic heterocycles. The molecule has 0 unspecified atom stereocenters. The Morgan fingerprint density at radius 2 is 1.80 bits per heavy atom. The van der Waals surface area contributed by atoms with Crippen molar-refractivity contribution in [2.24, 2.45) is 0 Å². The highest BCUT2D eigenvalue weighted by Crippen LogP contribution is 2.39. The summed E-state index contributed by atoms with van der Waals surface area (Å²) >= 11 is 0. The standard InChI is InChI=1S/C18H21NO5S/c1-19-14(11-12-7-6-9-15(23-2)18(12)24-3)17(20)13-8-4-5-10-16(13)25(19,21)22/h4-10,14,17,20H,11H2,1-3H3/t14-,17+/m0/s1. The highest BCUT2D eigenvalue weighted by Gasteiger charge is 2.41. The minimum Gasteiger partial charge on any atom is -0.493 e. The van der Waals surface area contributed by atoms with Gasteiger partial charge >= 0.3 is 0 Å². The Labute approximate surface area is 147 Å². The number of hydrogen-bond acceptors (Lipinski definition) is 5. The summed E-state index contributed by atoms with van der Waals surface area (Å²) in [5.41, 5.74) is 1.19. The summed E-state index contributed by atoms with van der Waals surface area (Å²) in [6.45, 7) is 0. The molecule has 0 saturated carbocycles. The first kappa shape index (κ1) is 17.7. The van der Waals surface area contributed by atoms with Crippen LogP contribution in [0.15, 0.2) is 47.4 Å². The maximum Gasteiger partial charge on any atom is 0.243 e. The number of nitrogens with zero attached hydrogens (tertiary/aromatic N) is 1. The van der Waals surface area contributed by atoms with Crippen molar-refractivity contribution in [1.82, 2.24) is 4.31 Å². The summed E-state index contributed by atoms with van der Waals surface area (Å²) in [6, 6.07) is 11.3. The van der Waals surface area contributed by atoms with E-state index in [1.807, 2.05) is 12.1 Å². The van der Waals surface area contributed by atoms with E-state index in [4.69, 9.17) is 9.47 Å². The zero-order valence-corrected chi connectivity index (χ0v) is 15.2. The van der Waals surface area contributed by atoms with Gasteiger partial charge in [-0.15, -0.1) is 0 Å². The fraction of sp³-hybridized carbons (Fsp3) is 0.333. The minimum absolute atomic E-state index is 0.152. The molecule has 25 heavy (non-hydrogen) atoms. The van der Waals surface area contributed by atoms with Gasteiger partial charge in [0, 0.05) is 12.6 Å². The summed E-state index contributed by atoms with van der Waals surface area (Å²) in [4.78, 5) is 0.152. The molecule has 1 N–H and O–H groups in total. The molecule has 0 amide bonds. The van der Waals surface area contributed by atoms with Crippen LogP contribution in [0.5, 0.6) is 11.5 Å². The summed E-state index contributed by atoms with van der Waals surface area (Å²) in [7, 11) is 0.917. The third-order valence-corrected chi connectivity index (χ3v) is 6.60. The smallest absolute Gasteiger partial charge is 0.243 e. The summed E-state index contributed by atoms with van der Waals surface area (Å²) in [6.07, 6.45) is -0.633. The largest absolute Gasteiger partial charge is 0.493 e. The molecule has 1 aliphatic rings. The van der Waals surface area contributed by atoms with Crippen LogP contribution in [0.1, 0.15) is 17.2 Å². The number of rotatable bonds is 4. The second kappa shape index (κ2) is 6.67. The first-order chi connectivity index (χ1) is 11.9. The molecule has 6 nitrogen and oxygen atoms in total. The van der Waals surface area contributed by atoms with Gasteiger partial charge in [-0.05, 0) is 24.1 Å². The molecule has 0 aliphatic carbocycles. The number of likely N-dealkylation sites (N-methyl/N-ethyl adjacent to an activating group) is 1. The number of methoxy groups -OCH3 is 2. The second-order valence-corrected chi connectivity index (χ2v) is 7.89. The Balaban J connectivity index is 2.05. The quantitative estimate of drug-likeness (QED) is 0.899. The summed E-state index contributed by atoms with van der Waals surface area (Å²) < 4.78 is 37.5. The molecule has 1 heterocycles. The summed E-state index contributed by atoms with van der Waals surface area (Å²) in [5.74, 6) is 1.11. The van der Waals surface area contributed by atoms with Gasteiger partial charge in [0.25, 0.3) is 0 Å². The maximum absolute atomic E-state index is 12.8. The number of para-hydroxylation sites is 1. The topological polar surface area (TPSA) is 76.1 Å². The predicted octanol–water partition coefficient (Wildman–Crippen LogP) is 1.98. The van der Waals surface area contributed by atoms with Crippen LogP contribution in [-0.2, 0) is 16.4 Å². The molecule has 2 atom stereocenters. The van der Waals surface area contributed by atoms with Crippen molar-refractivity contribution in [2.75, 3.05) is 21.3 Å². The number of aliphatic hydroxyl groups excluding tert-OH is 1. The van der Waals surface area contributed by atoms with Crippen LogP contribution in [0.4, 0.5) is 0 Å². The van der Waals surface area contributed by atoms with Crippen LogP contribution >= 0.6 is 0 Å². The molecule has 0 radical (unpaired) electrons. The van der Waals surface area contributed by atoms with E-state index in [2.05, 4.69) is 0 Å². The van der Waals surface area contributed by atoms with E-state index in [1.54, 1.807) is 31.4 Å². The van der Waals surface area contributed by atoms with Gasteiger partial charge in [0.2, 0.25) is 10.0 Å². The van der Waals surface area contributed by atoms with Crippen molar-refractivity contribution in [1.29, 1.82) is 0 Å². The Morgan fingerprint density at radius 1 is 1.08 bits per heavy atom. The van der Waals surface area contributed by atoms with Gasteiger partial charge in [0.15, 0.2) is 11.5 Å². The minimum atomic E-state index is -3.66. The SMILES string of the molecule is COc1cccc(C[C@H]2[C@H](O)c3ccccc3S(=O)(=O)N2C)c1OC. The number of hydrogen-bond donors (Lipinski definition) is 1. The van der Waals surface area contributed by atoms with Crippen LogP contribution in [0.25, 0.3) is 0 Å². The molecule has 3 rings (SSSR count). The number of benzene rings is 2. The highest BCUT2D eigenvalue weighted by atomic mass is 32.2. The van der Waals surface area contributed by atoms with Gasteiger partial charge in [-0.3, -0.25) is 0 Å². The number of aliphatic hydroxyl groups is 1. The molecular formula is C18H21NO5S. The third-order valence-electron chi connectivity index (χ3n) is 4.64. The zero-order chi connectivity index (χ0) is 18.2. The van der Waals surface area contributed by atoms with Crippen LogP contribution < -0.4 is 9.47 Å². The average molecular weight is 363 g/mol. The van der Waals surface area contributed by atoms with E-state index in [0.717, 1.165) is 5.56 Å². The van der Waals surface area contributed by atoms with Crippen molar-refractivity contribution in [3.63, 3.8) is 0 Å². The Kier molecular flexibility index (Phi) is 4.73. The average Bonchev–Trinajstić information content (AvgIpc) is 2.63. The lowest BCUT2D eigenvalue weighted by Gasteiger charge is -2.37. The van der Waals surface area contributed by atoms with Gasteiger partial charge in [-0.1, -0.05) is 30.3 Å². The van der Waals surface area contributed by atoms with Gasteiger partial charge in [0.1, 0.15) is 0 Å². The van der Waals surface area contributed by atoms with Gasteiger partial charge in [0.05, 0.1) is 31.3 Å². The van der Waals surface area contributed by atoms with E-state index in [0.29, 0.717) is 23.5 Å². The molecule has 0 saturated heterocycles. The normalized spacial score (nSPS) is 22.2. The lowest BCUT2D eigenvalue weighted by atomic mass is 9.95. The Morgan fingerprint density at radius 3 is 2.48 bits per heavy atom. The molecule has 2 aromatic carbocycles. The predicted molar refractivity (Wildman–Crippen MR) is 93.4 cm³/mol. The lowest BCUT2D eigenvalue weighted by molar-refractivity contribution is 0.0888. The van der Waals surface area contributed by atoms with E-state index < -0.39 is 22.2 Å². The molecule has 0 fully saturated rings. The highest BCUT2D eigenvalue weighted by molar-refractivity contribution is 7.89. The van der Waals surface area contributed by atoms with Crippen molar-refractivity contribution < 1.29 is 23.0 Å². The fourth-order valence-corrected chi connectivity index (χ4v) is 4.87. The van der Waals surface area contributed by atoms with Gasteiger partial charge < -0.3 is 14.6 Å². The van der Waals surface area contributed by atoms with Gasteiger partial charge in [-0.2, -0.15) is 4.31 Å². The molecule has 134 valence electrons. The van der Waals surface area contributed by atoms with Crippen LogP contribution in [0, 0.1) is 0 Å². The molecule has 1 aliphatic heterocycles. The summed E-state index contributed by atoms with van der Waals surface area (Å²) in [5, 5.41) is 10.8. The first-order valence-corrected chi connectivity index (χ1v) is 9.30. The molecule has 0 spiro atoms. The number of sulfonamides is 1. The fourth-order valence-electron chi connectivity index (χ4n) is 3.28. The number of fused-ring (bicyclic) bond motifs is 1. The molecular weight excluding hydrogens is 342 g/mol. The van der Waals surface area contributed by atoms with Crippen LogP contribution in [0.3, 0.4) is 0 Å². The molecule has 2 aromatic rings.